The minimum Gasteiger partial charge on any atom is -0.465 e. The van der Waals surface area contributed by atoms with Gasteiger partial charge >= 0.3 is 0 Å². The van der Waals surface area contributed by atoms with Gasteiger partial charge in [-0.3, -0.25) is 4.79 Å². The smallest absolute Gasteiger partial charge is 0.258 e. The fourth-order valence-electron chi connectivity index (χ4n) is 5.06. The van der Waals surface area contributed by atoms with Gasteiger partial charge in [0.05, 0.1) is 6.20 Å². The second-order valence-corrected chi connectivity index (χ2v) is 8.10. The molecule has 0 saturated heterocycles. The molecule has 0 spiro atoms. The number of thioether (sulfide) groups is 1. The maximum atomic E-state index is 13.7. The number of nitrogens with one attached hydrogen (secondary N) is 1. The van der Waals surface area contributed by atoms with E-state index >= 15 is 0 Å². The third-order valence-corrected chi connectivity index (χ3v) is 6.33. The molecule has 4 aliphatic rings. The van der Waals surface area contributed by atoms with Gasteiger partial charge in [0.15, 0.2) is 11.8 Å². The van der Waals surface area contributed by atoms with Crippen molar-refractivity contribution in [2.24, 2.45) is 23.7 Å². The van der Waals surface area contributed by atoms with Crippen molar-refractivity contribution < 1.29 is 13.9 Å². The molecule has 4 fully saturated rings. The zero-order valence-electron chi connectivity index (χ0n) is 13.7. The number of nitrogens with zero attached hydrogens (tertiary/aromatic N) is 2. The Hall–Kier alpha value is -1.37. The largest absolute Gasteiger partial charge is 0.465 e. The lowest BCUT2D eigenvalue weighted by Gasteiger charge is -2.54. The molecule has 0 unspecified atom stereocenters. The average Bonchev–Trinajstić information content (AvgIpc) is 2.57. The number of hydrogen-bond donors (Lipinski definition) is 1. The van der Waals surface area contributed by atoms with Gasteiger partial charge in [-0.2, -0.15) is 9.37 Å². The average molecular weight is 351 g/mol. The molecular formula is C17H22FN3O2S. The van der Waals surface area contributed by atoms with Crippen LogP contribution in [-0.4, -0.2) is 34.8 Å². The maximum absolute atomic E-state index is 13.7. The highest BCUT2D eigenvalue weighted by atomic mass is 32.2. The van der Waals surface area contributed by atoms with Crippen LogP contribution in [0, 0.1) is 29.5 Å². The maximum Gasteiger partial charge on any atom is 0.258 e. The van der Waals surface area contributed by atoms with Gasteiger partial charge in [0, 0.05) is 6.04 Å². The molecule has 4 bridgehead atoms. The van der Waals surface area contributed by atoms with Crippen molar-refractivity contribution >= 4 is 17.7 Å². The highest BCUT2D eigenvalue weighted by Crippen LogP contribution is 2.53. The van der Waals surface area contributed by atoms with Gasteiger partial charge in [-0.15, -0.1) is 0 Å². The Morgan fingerprint density at radius 3 is 2.58 bits per heavy atom. The summed E-state index contributed by atoms with van der Waals surface area (Å²) in [6.45, 7) is -0.204. The minimum absolute atomic E-state index is 0.158. The molecule has 1 amide bonds. The van der Waals surface area contributed by atoms with Crippen molar-refractivity contribution in [3.05, 3.63) is 12.0 Å². The van der Waals surface area contributed by atoms with E-state index < -0.39 is 5.82 Å². The number of carbonyl (C=O) groups is 1. The molecule has 5 rings (SSSR count). The number of halogens is 1. The van der Waals surface area contributed by atoms with Gasteiger partial charge < -0.3 is 10.1 Å². The van der Waals surface area contributed by atoms with Crippen LogP contribution in [-0.2, 0) is 4.79 Å². The summed E-state index contributed by atoms with van der Waals surface area (Å²) in [6.07, 6.45) is 9.25. The van der Waals surface area contributed by atoms with E-state index in [0.717, 1.165) is 18.0 Å². The normalized spacial score (nSPS) is 33.5. The molecule has 1 aromatic rings. The van der Waals surface area contributed by atoms with Crippen LogP contribution >= 0.6 is 11.8 Å². The molecule has 130 valence electrons. The first kappa shape index (κ1) is 16.1. The second kappa shape index (κ2) is 6.50. The van der Waals surface area contributed by atoms with Gasteiger partial charge in [-0.25, -0.2) is 4.98 Å². The Balaban J connectivity index is 1.34. The Kier molecular flexibility index (Phi) is 4.37. The fraction of sp³-hybridized carbons (Fsp3) is 0.706. The van der Waals surface area contributed by atoms with Crippen molar-refractivity contribution in [3.8, 4) is 5.88 Å². The van der Waals surface area contributed by atoms with E-state index in [1.54, 1.807) is 6.26 Å². The Morgan fingerprint density at radius 2 is 1.96 bits per heavy atom. The van der Waals surface area contributed by atoms with E-state index in [-0.39, 0.29) is 24.4 Å². The molecule has 5 nitrogen and oxygen atoms in total. The van der Waals surface area contributed by atoms with E-state index in [1.807, 2.05) is 0 Å². The number of rotatable bonds is 5. The zero-order chi connectivity index (χ0) is 16.7. The number of ether oxygens (including phenoxy) is 1. The minimum atomic E-state index is -0.643. The SMILES string of the molecule is CSc1ncc(F)c(OCC(=O)NC2C3CC4CC(C3)CC2C4)n1. The first-order chi connectivity index (χ1) is 11.6. The number of hydrogen-bond acceptors (Lipinski definition) is 5. The van der Waals surface area contributed by atoms with Gasteiger partial charge in [-0.1, -0.05) is 11.8 Å². The van der Waals surface area contributed by atoms with Crippen LogP contribution in [0.15, 0.2) is 11.4 Å². The van der Waals surface area contributed by atoms with Gasteiger partial charge in [0.2, 0.25) is 5.82 Å². The summed E-state index contributed by atoms with van der Waals surface area (Å²) >= 11 is 1.30. The zero-order valence-corrected chi connectivity index (χ0v) is 14.5. The van der Waals surface area contributed by atoms with Gasteiger partial charge in [-0.05, 0) is 62.0 Å². The van der Waals surface area contributed by atoms with Crippen molar-refractivity contribution in [2.75, 3.05) is 12.9 Å². The molecule has 0 atom stereocenters. The molecule has 24 heavy (non-hydrogen) atoms. The quantitative estimate of drug-likeness (QED) is 0.653. The fourth-order valence-corrected chi connectivity index (χ4v) is 5.39. The summed E-state index contributed by atoms with van der Waals surface area (Å²) in [5, 5.41) is 3.57. The highest BCUT2D eigenvalue weighted by molar-refractivity contribution is 7.98. The molecule has 4 saturated carbocycles. The molecule has 1 N–H and O–H groups in total. The van der Waals surface area contributed by atoms with Gasteiger partial charge in [0.25, 0.3) is 11.8 Å². The van der Waals surface area contributed by atoms with Crippen LogP contribution in [0.1, 0.15) is 32.1 Å². The van der Waals surface area contributed by atoms with Crippen LogP contribution in [0.25, 0.3) is 0 Å². The first-order valence-electron chi connectivity index (χ1n) is 8.61. The van der Waals surface area contributed by atoms with Crippen molar-refractivity contribution in [3.63, 3.8) is 0 Å². The molecule has 1 heterocycles. The summed E-state index contributed by atoms with van der Waals surface area (Å²) in [6, 6.07) is 0.269. The standard InChI is InChI=1S/C17H22FN3O2S/c1-24-17-19-7-13(18)16(21-17)23-8-14(22)20-15-11-3-9-2-10(5-11)6-12(15)4-9/h7,9-12,15H,2-6,8H2,1H3,(H,20,22). The molecule has 0 aromatic carbocycles. The lowest BCUT2D eigenvalue weighted by Crippen LogP contribution is -2.56. The monoisotopic (exact) mass is 351 g/mol. The van der Waals surface area contributed by atoms with E-state index in [0.29, 0.717) is 17.0 Å². The van der Waals surface area contributed by atoms with E-state index in [4.69, 9.17) is 4.74 Å². The van der Waals surface area contributed by atoms with E-state index in [9.17, 15) is 9.18 Å². The topological polar surface area (TPSA) is 64.1 Å². The van der Waals surface area contributed by atoms with Crippen molar-refractivity contribution in [2.45, 2.75) is 43.3 Å². The van der Waals surface area contributed by atoms with Crippen LogP contribution in [0.4, 0.5) is 4.39 Å². The second-order valence-electron chi connectivity index (χ2n) is 7.32. The van der Waals surface area contributed by atoms with E-state index in [1.165, 1.54) is 43.9 Å². The Morgan fingerprint density at radius 1 is 1.29 bits per heavy atom. The summed E-state index contributed by atoms with van der Waals surface area (Å²) in [5.74, 6) is 1.99. The van der Waals surface area contributed by atoms with Crippen molar-refractivity contribution in [1.82, 2.24) is 15.3 Å². The number of amides is 1. The molecule has 0 radical (unpaired) electrons. The van der Waals surface area contributed by atoms with Gasteiger partial charge in [0.1, 0.15) is 0 Å². The van der Waals surface area contributed by atoms with Crippen LogP contribution in [0.3, 0.4) is 0 Å². The highest BCUT2D eigenvalue weighted by Gasteiger charge is 2.48. The molecular weight excluding hydrogens is 329 g/mol. The summed E-state index contributed by atoms with van der Waals surface area (Å²) in [5.41, 5.74) is 0. The molecule has 1 aromatic heterocycles. The Labute approximate surface area is 145 Å². The third kappa shape index (κ3) is 3.10. The Bertz CT molecular complexity index is 614. The predicted molar refractivity (Wildman–Crippen MR) is 88.2 cm³/mol. The lowest BCUT2D eigenvalue weighted by atomic mass is 9.54. The van der Waals surface area contributed by atoms with Crippen molar-refractivity contribution in [1.29, 1.82) is 0 Å². The predicted octanol–water partition coefficient (Wildman–Crippen LogP) is 2.66. The number of carbonyl (C=O) groups excluding carboxylic acids is 1. The van der Waals surface area contributed by atoms with Crippen LogP contribution in [0.5, 0.6) is 5.88 Å². The molecule has 4 aliphatic carbocycles. The number of aromatic nitrogens is 2. The summed E-state index contributed by atoms with van der Waals surface area (Å²) in [4.78, 5) is 20.0. The van der Waals surface area contributed by atoms with Crippen LogP contribution in [0.2, 0.25) is 0 Å². The van der Waals surface area contributed by atoms with Crippen LogP contribution < -0.4 is 10.1 Å². The summed E-state index contributed by atoms with van der Waals surface area (Å²) < 4.78 is 18.9. The third-order valence-electron chi connectivity index (χ3n) is 5.77. The molecule has 0 aliphatic heterocycles. The van der Waals surface area contributed by atoms with E-state index in [2.05, 4.69) is 15.3 Å². The summed E-state index contributed by atoms with van der Waals surface area (Å²) in [7, 11) is 0. The molecule has 7 heteroatoms. The first-order valence-corrected chi connectivity index (χ1v) is 9.83. The lowest BCUT2D eigenvalue weighted by molar-refractivity contribution is -0.127.